The Morgan fingerprint density at radius 3 is 1.86 bits per heavy atom. The van der Waals surface area contributed by atoms with Crippen molar-refractivity contribution in [2.75, 3.05) is 0 Å². The van der Waals surface area contributed by atoms with Crippen LogP contribution in [-0.4, -0.2) is 0 Å². The second-order valence-corrected chi connectivity index (χ2v) is 7.62. The average Bonchev–Trinajstić information content (AvgIpc) is 3.45. The van der Waals surface area contributed by atoms with Crippen molar-refractivity contribution in [3.63, 3.8) is 0 Å². The van der Waals surface area contributed by atoms with Gasteiger partial charge in [0.2, 0.25) is 0 Å². The van der Waals surface area contributed by atoms with Crippen LogP contribution in [0.4, 0.5) is 0 Å². The number of ether oxygens (including phenoxy) is 1. The lowest BCUT2D eigenvalue weighted by Crippen LogP contribution is -2.24. The minimum absolute atomic E-state index is 0.356. The van der Waals surface area contributed by atoms with Crippen molar-refractivity contribution in [2.45, 2.75) is 31.0 Å². The number of benzene rings is 4. The van der Waals surface area contributed by atoms with Crippen molar-refractivity contribution >= 4 is 10.8 Å². The molecule has 0 spiro atoms. The third kappa shape index (κ3) is 2.36. The van der Waals surface area contributed by atoms with Crippen molar-refractivity contribution in [1.82, 2.24) is 0 Å². The van der Waals surface area contributed by atoms with Crippen LogP contribution in [0.2, 0.25) is 0 Å². The Labute approximate surface area is 166 Å². The fourth-order valence-electron chi connectivity index (χ4n) is 4.87. The van der Waals surface area contributed by atoms with Gasteiger partial charge in [-0.2, -0.15) is 0 Å². The quantitative estimate of drug-likeness (QED) is 0.354. The molecular weight excluding hydrogens is 340 g/mol. The van der Waals surface area contributed by atoms with E-state index in [1.165, 1.54) is 27.5 Å². The van der Waals surface area contributed by atoms with Crippen LogP contribution in [0, 0.1) is 0 Å². The van der Waals surface area contributed by atoms with Crippen LogP contribution in [0.25, 0.3) is 10.8 Å². The SMILES string of the molecule is CCCC1(c2cccc3ccccc23)OC1(c1ccccc1)c1ccccc1. The third-order valence-corrected chi connectivity index (χ3v) is 6.04. The van der Waals surface area contributed by atoms with E-state index in [2.05, 4.69) is 110 Å². The fraction of sp³-hybridized carbons (Fsp3) is 0.185. The average molecular weight is 364 g/mol. The summed E-state index contributed by atoms with van der Waals surface area (Å²) in [6, 6.07) is 36.7. The zero-order chi connectivity index (χ0) is 19.0. The van der Waals surface area contributed by atoms with Gasteiger partial charge in [0.15, 0.2) is 5.60 Å². The molecule has 1 unspecified atom stereocenters. The Kier molecular flexibility index (Phi) is 4.07. The van der Waals surface area contributed by atoms with E-state index in [0.29, 0.717) is 0 Å². The van der Waals surface area contributed by atoms with Crippen LogP contribution in [0.5, 0.6) is 0 Å². The summed E-state index contributed by atoms with van der Waals surface area (Å²) >= 11 is 0. The molecule has 5 rings (SSSR count). The van der Waals surface area contributed by atoms with Gasteiger partial charge in [0.05, 0.1) is 0 Å². The number of hydrogen-bond donors (Lipinski definition) is 0. The Morgan fingerprint density at radius 1 is 0.643 bits per heavy atom. The lowest BCUT2D eigenvalue weighted by Gasteiger charge is -2.23. The molecule has 1 heteroatoms. The summed E-state index contributed by atoms with van der Waals surface area (Å²) in [6.45, 7) is 2.25. The minimum atomic E-state index is -0.449. The van der Waals surface area contributed by atoms with Gasteiger partial charge in [-0.25, -0.2) is 0 Å². The first-order valence-corrected chi connectivity index (χ1v) is 10.1. The summed E-state index contributed by atoms with van der Waals surface area (Å²) in [7, 11) is 0. The van der Waals surface area contributed by atoms with Gasteiger partial charge in [-0.1, -0.05) is 116 Å². The van der Waals surface area contributed by atoms with Crippen molar-refractivity contribution in [1.29, 1.82) is 0 Å². The zero-order valence-electron chi connectivity index (χ0n) is 16.1. The molecule has 1 heterocycles. The van der Waals surface area contributed by atoms with Gasteiger partial charge < -0.3 is 4.74 Å². The Bertz CT molecular complexity index is 1060. The molecular formula is C27H24O. The molecule has 1 nitrogen and oxygen atoms in total. The predicted octanol–water partition coefficient (Wildman–Crippen LogP) is 6.81. The van der Waals surface area contributed by atoms with Crippen molar-refractivity contribution < 1.29 is 4.74 Å². The number of hydrogen-bond acceptors (Lipinski definition) is 1. The molecule has 1 atom stereocenters. The normalized spacial score (nSPS) is 20.2. The highest BCUT2D eigenvalue weighted by atomic mass is 16.6. The van der Waals surface area contributed by atoms with E-state index in [-0.39, 0.29) is 5.60 Å². The standard InChI is InChI=1S/C27H24O/c1-2-20-26(25-19-11-13-21-12-9-10-18-24(21)25)27(28-26,22-14-5-3-6-15-22)23-16-7-4-8-17-23/h3-19H,2,20H2,1H3. The summed E-state index contributed by atoms with van der Waals surface area (Å²) in [5.74, 6) is 0. The molecule has 138 valence electrons. The molecule has 1 aliphatic rings. The lowest BCUT2D eigenvalue weighted by molar-refractivity contribution is 0.268. The molecule has 0 aromatic heterocycles. The molecule has 0 saturated carbocycles. The smallest absolute Gasteiger partial charge is 0.153 e. The molecule has 1 saturated heterocycles. The number of fused-ring (bicyclic) bond motifs is 1. The second-order valence-electron chi connectivity index (χ2n) is 7.62. The Balaban J connectivity index is 1.80. The second kappa shape index (κ2) is 6.61. The molecule has 1 aliphatic heterocycles. The Hall–Kier alpha value is -2.90. The van der Waals surface area contributed by atoms with Crippen molar-refractivity contribution in [2.24, 2.45) is 0 Å². The lowest BCUT2D eigenvalue weighted by atomic mass is 9.74. The summed E-state index contributed by atoms with van der Waals surface area (Å²) in [4.78, 5) is 0. The molecule has 0 radical (unpaired) electrons. The van der Waals surface area contributed by atoms with Gasteiger partial charge >= 0.3 is 0 Å². The van der Waals surface area contributed by atoms with E-state index < -0.39 is 5.60 Å². The van der Waals surface area contributed by atoms with E-state index in [9.17, 15) is 0 Å². The van der Waals surface area contributed by atoms with E-state index in [0.717, 1.165) is 12.8 Å². The first-order chi connectivity index (χ1) is 13.8. The van der Waals surface area contributed by atoms with E-state index in [1.54, 1.807) is 0 Å². The minimum Gasteiger partial charge on any atom is -0.347 e. The van der Waals surface area contributed by atoms with Crippen LogP contribution in [0.1, 0.15) is 36.5 Å². The highest BCUT2D eigenvalue weighted by molar-refractivity contribution is 5.87. The first kappa shape index (κ1) is 17.2. The maximum absolute atomic E-state index is 6.90. The zero-order valence-corrected chi connectivity index (χ0v) is 16.1. The van der Waals surface area contributed by atoms with Gasteiger partial charge in [0.1, 0.15) is 5.60 Å². The summed E-state index contributed by atoms with van der Waals surface area (Å²) in [5.41, 5.74) is 2.94. The highest BCUT2D eigenvalue weighted by Gasteiger charge is 2.72. The fourth-order valence-corrected chi connectivity index (χ4v) is 4.87. The van der Waals surface area contributed by atoms with Gasteiger partial charge in [-0.05, 0) is 33.9 Å². The molecule has 0 N–H and O–H groups in total. The molecule has 0 aliphatic carbocycles. The summed E-state index contributed by atoms with van der Waals surface area (Å²) in [6.07, 6.45) is 2.04. The monoisotopic (exact) mass is 364 g/mol. The van der Waals surface area contributed by atoms with Gasteiger partial charge in [-0.15, -0.1) is 0 Å². The van der Waals surface area contributed by atoms with Crippen LogP contribution >= 0.6 is 0 Å². The molecule has 0 amide bonds. The van der Waals surface area contributed by atoms with E-state index in [4.69, 9.17) is 4.74 Å². The maximum atomic E-state index is 6.90. The predicted molar refractivity (Wildman–Crippen MR) is 115 cm³/mol. The first-order valence-electron chi connectivity index (χ1n) is 10.1. The Morgan fingerprint density at radius 2 is 1.21 bits per heavy atom. The third-order valence-electron chi connectivity index (χ3n) is 6.04. The van der Waals surface area contributed by atoms with Crippen LogP contribution in [0.15, 0.2) is 103 Å². The molecule has 1 fully saturated rings. The summed E-state index contributed by atoms with van der Waals surface area (Å²) in [5, 5.41) is 2.55. The largest absolute Gasteiger partial charge is 0.347 e. The van der Waals surface area contributed by atoms with Gasteiger partial charge in [0.25, 0.3) is 0 Å². The number of rotatable bonds is 5. The summed E-state index contributed by atoms with van der Waals surface area (Å²) < 4.78 is 6.90. The highest BCUT2D eigenvalue weighted by Crippen LogP contribution is 2.68. The van der Waals surface area contributed by atoms with Crippen LogP contribution < -0.4 is 0 Å². The topological polar surface area (TPSA) is 12.5 Å². The van der Waals surface area contributed by atoms with Crippen molar-refractivity contribution in [3.8, 4) is 0 Å². The van der Waals surface area contributed by atoms with Crippen molar-refractivity contribution in [3.05, 3.63) is 120 Å². The number of epoxide rings is 1. The molecule has 28 heavy (non-hydrogen) atoms. The van der Waals surface area contributed by atoms with E-state index in [1.807, 2.05) is 0 Å². The van der Waals surface area contributed by atoms with Crippen LogP contribution in [0.3, 0.4) is 0 Å². The van der Waals surface area contributed by atoms with Gasteiger partial charge in [0, 0.05) is 0 Å². The molecule has 4 aromatic rings. The van der Waals surface area contributed by atoms with Gasteiger partial charge in [-0.3, -0.25) is 0 Å². The molecule has 0 bridgehead atoms. The maximum Gasteiger partial charge on any atom is 0.153 e. The molecule has 4 aromatic carbocycles. The van der Waals surface area contributed by atoms with E-state index >= 15 is 0 Å². The van der Waals surface area contributed by atoms with Crippen LogP contribution in [-0.2, 0) is 15.9 Å².